The molecule has 3 heterocycles. The lowest BCUT2D eigenvalue weighted by molar-refractivity contribution is 0.0466. The van der Waals surface area contributed by atoms with Crippen molar-refractivity contribution in [1.29, 1.82) is 0 Å². The quantitative estimate of drug-likeness (QED) is 0.466. The zero-order chi connectivity index (χ0) is 20.4. The molecule has 8 heteroatoms. The third kappa shape index (κ3) is 4.05. The number of hydrogen-bond acceptors (Lipinski definition) is 5. The van der Waals surface area contributed by atoms with Gasteiger partial charge in [-0.3, -0.25) is 0 Å². The first kappa shape index (κ1) is 18.9. The topological polar surface area (TPSA) is 74.8 Å². The van der Waals surface area contributed by atoms with Crippen LogP contribution in [0.15, 0.2) is 60.9 Å². The number of aromatic nitrogens is 5. The first-order valence-electron chi connectivity index (χ1n) is 8.97. The van der Waals surface area contributed by atoms with Crippen LogP contribution in [0.3, 0.4) is 0 Å². The van der Waals surface area contributed by atoms with Crippen molar-refractivity contribution in [2.24, 2.45) is 0 Å². The lowest BCUT2D eigenvalue weighted by Crippen LogP contribution is -2.11. The van der Waals surface area contributed by atoms with Gasteiger partial charge in [0.2, 0.25) is 0 Å². The number of rotatable bonds is 5. The minimum absolute atomic E-state index is 0.0601. The summed E-state index contributed by atoms with van der Waals surface area (Å²) in [7, 11) is 0. The van der Waals surface area contributed by atoms with E-state index in [4.69, 9.17) is 16.3 Å². The Morgan fingerprint density at radius 1 is 1.14 bits per heavy atom. The van der Waals surface area contributed by atoms with Crippen LogP contribution in [0.1, 0.15) is 27.4 Å². The van der Waals surface area contributed by atoms with Crippen molar-refractivity contribution in [2.75, 3.05) is 0 Å². The molecule has 0 fully saturated rings. The highest BCUT2D eigenvalue weighted by atomic mass is 35.5. The van der Waals surface area contributed by atoms with Crippen LogP contribution in [0.25, 0.3) is 11.5 Å². The van der Waals surface area contributed by atoms with E-state index in [9.17, 15) is 4.79 Å². The van der Waals surface area contributed by atoms with E-state index >= 15 is 0 Å². The van der Waals surface area contributed by atoms with Gasteiger partial charge in [-0.05, 0) is 55.8 Å². The Balaban J connectivity index is 1.48. The zero-order valence-corrected chi connectivity index (χ0v) is 16.7. The van der Waals surface area contributed by atoms with Gasteiger partial charge in [0.15, 0.2) is 11.5 Å². The molecule has 0 saturated carbocycles. The molecule has 0 aliphatic heterocycles. The van der Waals surface area contributed by atoms with Crippen LogP contribution >= 0.6 is 11.6 Å². The molecule has 7 nitrogen and oxygen atoms in total. The lowest BCUT2D eigenvalue weighted by Gasteiger charge is -2.09. The zero-order valence-electron chi connectivity index (χ0n) is 15.9. The second kappa shape index (κ2) is 7.89. The number of halogens is 1. The van der Waals surface area contributed by atoms with Gasteiger partial charge >= 0.3 is 5.97 Å². The van der Waals surface area contributed by atoms with Crippen molar-refractivity contribution in [1.82, 2.24) is 24.5 Å². The number of benzene rings is 1. The first-order valence-corrected chi connectivity index (χ1v) is 9.35. The summed E-state index contributed by atoms with van der Waals surface area (Å²) in [5.41, 5.74) is 3.60. The molecular formula is C21H18ClN5O2. The van der Waals surface area contributed by atoms with Crippen molar-refractivity contribution in [2.45, 2.75) is 20.5 Å². The SMILES string of the molecule is Cc1cc(C)n(-c2ccc(Cl)c(C(=O)OCc3ccc(-n4cccn4)cc3)n2)n1. The highest BCUT2D eigenvalue weighted by Gasteiger charge is 2.17. The van der Waals surface area contributed by atoms with Crippen LogP contribution < -0.4 is 0 Å². The summed E-state index contributed by atoms with van der Waals surface area (Å²) in [5, 5.41) is 8.80. The fourth-order valence-electron chi connectivity index (χ4n) is 2.94. The second-order valence-electron chi connectivity index (χ2n) is 6.53. The third-order valence-corrected chi connectivity index (χ3v) is 4.63. The van der Waals surface area contributed by atoms with Crippen LogP contribution in [0.4, 0.5) is 0 Å². The van der Waals surface area contributed by atoms with Crippen LogP contribution in [-0.4, -0.2) is 30.5 Å². The summed E-state index contributed by atoms with van der Waals surface area (Å²) in [5.74, 6) is -0.0786. The highest BCUT2D eigenvalue weighted by Crippen LogP contribution is 2.19. The Bertz CT molecular complexity index is 1150. The molecule has 0 aliphatic rings. The number of ether oxygens (including phenoxy) is 1. The van der Waals surface area contributed by atoms with Gasteiger partial charge in [-0.25, -0.2) is 19.1 Å². The molecule has 0 radical (unpaired) electrons. The molecule has 0 atom stereocenters. The van der Waals surface area contributed by atoms with E-state index in [1.165, 1.54) is 0 Å². The maximum absolute atomic E-state index is 12.6. The number of esters is 1. The maximum atomic E-state index is 12.6. The van der Waals surface area contributed by atoms with E-state index in [2.05, 4.69) is 15.2 Å². The maximum Gasteiger partial charge on any atom is 0.358 e. The molecule has 4 aromatic rings. The standard InChI is InChI=1S/C21H18ClN5O2/c1-14-12-15(2)27(25-14)19-9-8-18(22)20(24-19)21(28)29-13-16-4-6-17(7-5-16)26-11-3-10-23-26/h3-12H,13H2,1-2H3. The van der Waals surface area contributed by atoms with Gasteiger partial charge < -0.3 is 4.74 Å². The van der Waals surface area contributed by atoms with Crippen molar-refractivity contribution in [3.8, 4) is 11.5 Å². The average molecular weight is 408 g/mol. The van der Waals surface area contributed by atoms with E-state index in [0.29, 0.717) is 5.82 Å². The van der Waals surface area contributed by atoms with E-state index in [1.807, 2.05) is 56.4 Å². The molecule has 0 bridgehead atoms. The molecule has 0 unspecified atom stereocenters. The van der Waals surface area contributed by atoms with Gasteiger partial charge in [0, 0.05) is 18.1 Å². The van der Waals surface area contributed by atoms with Gasteiger partial charge in [-0.1, -0.05) is 23.7 Å². The van der Waals surface area contributed by atoms with Crippen molar-refractivity contribution < 1.29 is 9.53 Å². The van der Waals surface area contributed by atoms with E-state index in [0.717, 1.165) is 22.6 Å². The number of nitrogens with zero attached hydrogens (tertiary/aromatic N) is 5. The largest absolute Gasteiger partial charge is 0.456 e. The van der Waals surface area contributed by atoms with Gasteiger partial charge in [0.25, 0.3) is 0 Å². The molecule has 146 valence electrons. The summed E-state index contributed by atoms with van der Waals surface area (Å²) in [6.45, 7) is 3.92. The Labute approximate surface area is 172 Å². The van der Waals surface area contributed by atoms with E-state index < -0.39 is 5.97 Å². The van der Waals surface area contributed by atoms with Gasteiger partial charge in [0.1, 0.15) is 6.61 Å². The predicted molar refractivity (Wildman–Crippen MR) is 109 cm³/mol. The summed E-state index contributed by atoms with van der Waals surface area (Å²) in [6, 6.07) is 14.7. The Hall–Kier alpha value is -3.45. The fraction of sp³-hybridized carbons (Fsp3) is 0.143. The molecule has 0 N–H and O–H groups in total. The molecule has 29 heavy (non-hydrogen) atoms. The monoisotopic (exact) mass is 407 g/mol. The molecule has 0 saturated heterocycles. The Morgan fingerprint density at radius 2 is 1.93 bits per heavy atom. The molecule has 4 rings (SSSR count). The molecule has 0 amide bonds. The minimum Gasteiger partial charge on any atom is -0.456 e. The minimum atomic E-state index is -0.588. The summed E-state index contributed by atoms with van der Waals surface area (Å²) in [6.07, 6.45) is 3.57. The third-order valence-electron chi connectivity index (χ3n) is 4.33. The van der Waals surface area contributed by atoms with Crippen LogP contribution in [0, 0.1) is 13.8 Å². The van der Waals surface area contributed by atoms with E-state index in [1.54, 1.807) is 27.7 Å². The van der Waals surface area contributed by atoms with Gasteiger partial charge in [-0.15, -0.1) is 0 Å². The predicted octanol–water partition coefficient (Wildman–Crippen LogP) is 4.08. The number of pyridine rings is 1. The first-order chi connectivity index (χ1) is 14.0. The van der Waals surface area contributed by atoms with Gasteiger partial charge in [0.05, 0.1) is 16.4 Å². The molecule has 3 aromatic heterocycles. The van der Waals surface area contributed by atoms with Crippen molar-refractivity contribution in [3.05, 3.63) is 88.6 Å². The van der Waals surface area contributed by atoms with Crippen LogP contribution in [-0.2, 0) is 11.3 Å². The average Bonchev–Trinajstić information content (AvgIpc) is 3.36. The summed E-state index contributed by atoms with van der Waals surface area (Å²) >= 11 is 6.18. The summed E-state index contributed by atoms with van der Waals surface area (Å²) < 4.78 is 8.83. The van der Waals surface area contributed by atoms with Crippen LogP contribution in [0.2, 0.25) is 5.02 Å². The number of carbonyl (C=O) groups excluding carboxylic acids is 1. The second-order valence-corrected chi connectivity index (χ2v) is 6.94. The number of carbonyl (C=O) groups is 1. The molecule has 1 aromatic carbocycles. The Morgan fingerprint density at radius 3 is 2.59 bits per heavy atom. The van der Waals surface area contributed by atoms with Gasteiger partial charge in [-0.2, -0.15) is 10.2 Å². The van der Waals surface area contributed by atoms with Crippen molar-refractivity contribution >= 4 is 17.6 Å². The van der Waals surface area contributed by atoms with Crippen molar-refractivity contribution in [3.63, 3.8) is 0 Å². The smallest absolute Gasteiger partial charge is 0.358 e. The molecular weight excluding hydrogens is 390 g/mol. The lowest BCUT2D eigenvalue weighted by atomic mass is 10.2. The fourth-order valence-corrected chi connectivity index (χ4v) is 3.12. The normalized spacial score (nSPS) is 10.9. The number of aryl methyl sites for hydroxylation is 2. The van der Waals surface area contributed by atoms with E-state index in [-0.39, 0.29) is 17.3 Å². The Kier molecular flexibility index (Phi) is 5.14. The van der Waals surface area contributed by atoms with Crippen LogP contribution in [0.5, 0.6) is 0 Å². The number of hydrogen-bond donors (Lipinski definition) is 0. The summed E-state index contributed by atoms with van der Waals surface area (Å²) in [4.78, 5) is 16.9. The molecule has 0 aliphatic carbocycles. The highest BCUT2D eigenvalue weighted by molar-refractivity contribution is 6.33. The molecule has 0 spiro atoms.